The lowest BCUT2D eigenvalue weighted by Gasteiger charge is -2.32. The zero-order valence-corrected chi connectivity index (χ0v) is 33.3. The summed E-state index contributed by atoms with van der Waals surface area (Å²) in [4.78, 5) is 2.47. The van der Waals surface area contributed by atoms with Crippen molar-refractivity contribution in [1.29, 1.82) is 0 Å². The molecule has 59 heavy (non-hydrogen) atoms. The first-order valence-electron chi connectivity index (χ1n) is 20.9. The van der Waals surface area contributed by atoms with Gasteiger partial charge in [0.25, 0.3) is 0 Å². The van der Waals surface area contributed by atoms with E-state index in [1.165, 1.54) is 55.5 Å². The normalized spacial score (nSPS) is 12.8. The van der Waals surface area contributed by atoms with Crippen LogP contribution in [0.2, 0.25) is 0 Å². The third kappa shape index (κ3) is 5.47. The zero-order valence-electron chi connectivity index (χ0n) is 33.3. The van der Waals surface area contributed by atoms with Gasteiger partial charge in [-0.15, -0.1) is 0 Å². The fourth-order valence-electron chi connectivity index (χ4n) is 10.1. The number of hydrogen-bond donors (Lipinski definition) is 0. The number of rotatable bonds is 8. The summed E-state index contributed by atoms with van der Waals surface area (Å²) in [5, 5.41) is 4.61. The molecule has 1 aliphatic rings. The highest BCUT2D eigenvalue weighted by Crippen LogP contribution is 2.54. The fraction of sp³-hybridized carbons (Fsp3) is 0.0877. The predicted molar refractivity (Wildman–Crippen MR) is 249 cm³/mol. The minimum absolute atomic E-state index is 0.0451. The molecule has 0 N–H and O–H groups in total. The molecule has 0 saturated heterocycles. The first-order chi connectivity index (χ1) is 29.2. The van der Waals surface area contributed by atoms with Crippen molar-refractivity contribution >= 4 is 49.8 Å². The molecule has 0 atom stereocenters. The van der Waals surface area contributed by atoms with Crippen LogP contribution in [0.25, 0.3) is 77.2 Å². The van der Waals surface area contributed by atoms with Gasteiger partial charge in [0.1, 0.15) is 11.2 Å². The molecule has 9 aromatic carbocycles. The van der Waals surface area contributed by atoms with E-state index >= 15 is 0 Å². The van der Waals surface area contributed by atoms with Gasteiger partial charge >= 0.3 is 0 Å². The number of anilines is 3. The van der Waals surface area contributed by atoms with Crippen molar-refractivity contribution in [3.63, 3.8) is 0 Å². The topological polar surface area (TPSA) is 16.4 Å². The van der Waals surface area contributed by atoms with E-state index in [4.69, 9.17) is 4.42 Å². The van der Waals surface area contributed by atoms with E-state index in [1.807, 2.05) is 6.07 Å². The molecular formula is C57H43NO. The highest BCUT2D eigenvalue weighted by atomic mass is 16.3. The van der Waals surface area contributed by atoms with E-state index in [-0.39, 0.29) is 5.41 Å². The second-order valence-electron chi connectivity index (χ2n) is 15.8. The standard InChI is InChI=1S/C57H43NO/c1-3-57(4-2)52-26-13-10-21-46(52)47-34-33-41(37-53(47)57)58(54-27-14-11-22-48(54)44-20-9-8-19-42(44)38-17-6-5-7-18-38)40-31-29-39(30-32-40)43-24-16-25-50-45(43)35-36-51-49-23-12-15-28-55(49)59-56(50)51/h5-37H,3-4H2,1-2H3. The van der Waals surface area contributed by atoms with Gasteiger partial charge in [-0.3, -0.25) is 0 Å². The number of furan rings is 1. The maximum atomic E-state index is 6.47. The quantitative estimate of drug-likeness (QED) is 0.153. The molecule has 282 valence electrons. The van der Waals surface area contributed by atoms with Gasteiger partial charge < -0.3 is 9.32 Å². The summed E-state index contributed by atoms with van der Waals surface area (Å²) in [6.45, 7) is 4.70. The minimum atomic E-state index is -0.0451. The average Bonchev–Trinajstić information content (AvgIpc) is 3.83. The smallest absolute Gasteiger partial charge is 0.143 e. The Bertz CT molecular complexity index is 3190. The number of benzene rings is 9. The number of para-hydroxylation sites is 2. The Labute approximate surface area is 345 Å². The summed E-state index contributed by atoms with van der Waals surface area (Å²) in [5.74, 6) is 0. The largest absolute Gasteiger partial charge is 0.455 e. The molecule has 2 heteroatoms. The molecule has 0 amide bonds. The Kier molecular flexibility index (Phi) is 8.34. The Morgan fingerprint density at radius 3 is 1.78 bits per heavy atom. The Morgan fingerprint density at radius 2 is 0.966 bits per heavy atom. The third-order valence-corrected chi connectivity index (χ3v) is 13.0. The molecule has 0 spiro atoms. The number of nitrogens with zero attached hydrogens (tertiary/aromatic N) is 1. The van der Waals surface area contributed by atoms with Gasteiger partial charge in [-0.1, -0.05) is 172 Å². The Balaban J connectivity index is 1.09. The number of hydrogen-bond acceptors (Lipinski definition) is 2. The molecule has 2 nitrogen and oxygen atoms in total. The van der Waals surface area contributed by atoms with E-state index < -0.39 is 0 Å². The van der Waals surface area contributed by atoms with Crippen molar-refractivity contribution < 1.29 is 4.42 Å². The molecule has 0 fully saturated rings. The van der Waals surface area contributed by atoms with E-state index in [0.717, 1.165) is 62.8 Å². The summed E-state index contributed by atoms with van der Waals surface area (Å²) >= 11 is 0. The Hall–Kier alpha value is -7.16. The summed E-state index contributed by atoms with van der Waals surface area (Å²) in [6.07, 6.45) is 2.08. The summed E-state index contributed by atoms with van der Waals surface area (Å²) in [7, 11) is 0. The second kappa shape index (κ2) is 14.0. The van der Waals surface area contributed by atoms with E-state index in [9.17, 15) is 0 Å². The van der Waals surface area contributed by atoms with Crippen molar-refractivity contribution in [2.75, 3.05) is 4.90 Å². The fourth-order valence-corrected chi connectivity index (χ4v) is 10.1. The molecular weight excluding hydrogens is 715 g/mol. The Morgan fingerprint density at radius 1 is 0.390 bits per heavy atom. The lowest BCUT2D eigenvalue weighted by molar-refractivity contribution is 0.490. The van der Waals surface area contributed by atoms with E-state index in [2.05, 4.69) is 213 Å². The molecule has 1 heterocycles. The predicted octanol–water partition coefficient (Wildman–Crippen LogP) is 16.3. The van der Waals surface area contributed by atoms with Crippen LogP contribution in [0.15, 0.2) is 205 Å². The molecule has 0 radical (unpaired) electrons. The van der Waals surface area contributed by atoms with Crippen LogP contribution in [0.1, 0.15) is 37.8 Å². The third-order valence-electron chi connectivity index (χ3n) is 13.0. The first kappa shape index (κ1) is 35.0. The van der Waals surface area contributed by atoms with Crippen molar-refractivity contribution in [1.82, 2.24) is 0 Å². The van der Waals surface area contributed by atoms with Crippen LogP contribution in [0.5, 0.6) is 0 Å². The highest BCUT2D eigenvalue weighted by molar-refractivity contribution is 6.17. The van der Waals surface area contributed by atoms with Gasteiger partial charge in [0.05, 0.1) is 5.69 Å². The van der Waals surface area contributed by atoms with Crippen molar-refractivity contribution in [2.24, 2.45) is 0 Å². The van der Waals surface area contributed by atoms with Gasteiger partial charge in [0.2, 0.25) is 0 Å². The maximum Gasteiger partial charge on any atom is 0.143 e. The van der Waals surface area contributed by atoms with Crippen molar-refractivity contribution in [3.8, 4) is 44.5 Å². The van der Waals surface area contributed by atoms with Gasteiger partial charge in [0.15, 0.2) is 0 Å². The van der Waals surface area contributed by atoms with Crippen LogP contribution in [0.3, 0.4) is 0 Å². The maximum absolute atomic E-state index is 6.47. The van der Waals surface area contributed by atoms with Crippen LogP contribution in [-0.2, 0) is 5.41 Å². The summed E-state index contributed by atoms with van der Waals surface area (Å²) < 4.78 is 6.47. The monoisotopic (exact) mass is 757 g/mol. The summed E-state index contributed by atoms with van der Waals surface area (Å²) in [6, 6.07) is 73.2. The van der Waals surface area contributed by atoms with Gasteiger partial charge in [-0.25, -0.2) is 0 Å². The van der Waals surface area contributed by atoms with Crippen LogP contribution in [-0.4, -0.2) is 0 Å². The van der Waals surface area contributed by atoms with Crippen LogP contribution in [0, 0.1) is 0 Å². The summed E-state index contributed by atoms with van der Waals surface area (Å²) in [5.41, 5.74) is 17.9. The first-order valence-corrected chi connectivity index (χ1v) is 20.9. The highest BCUT2D eigenvalue weighted by Gasteiger charge is 2.40. The van der Waals surface area contributed by atoms with Crippen LogP contribution in [0.4, 0.5) is 17.1 Å². The molecule has 0 unspecified atom stereocenters. The SMILES string of the molecule is CCC1(CC)c2ccccc2-c2ccc(N(c3ccc(-c4cccc5c4ccc4c6ccccc6oc54)cc3)c3ccccc3-c3ccccc3-c3ccccc3)cc21. The van der Waals surface area contributed by atoms with Crippen molar-refractivity contribution in [3.05, 3.63) is 211 Å². The van der Waals surface area contributed by atoms with E-state index in [1.54, 1.807) is 0 Å². The van der Waals surface area contributed by atoms with Crippen LogP contribution < -0.4 is 4.90 Å². The molecule has 10 aromatic rings. The molecule has 0 aliphatic heterocycles. The second-order valence-corrected chi connectivity index (χ2v) is 15.8. The zero-order chi connectivity index (χ0) is 39.5. The minimum Gasteiger partial charge on any atom is -0.455 e. The van der Waals surface area contributed by atoms with E-state index in [0.29, 0.717) is 0 Å². The van der Waals surface area contributed by atoms with Gasteiger partial charge in [-0.05, 0) is 111 Å². The average molecular weight is 758 g/mol. The molecule has 1 aliphatic carbocycles. The molecule has 1 aromatic heterocycles. The number of fused-ring (bicyclic) bond motifs is 8. The van der Waals surface area contributed by atoms with Gasteiger partial charge in [0, 0.05) is 38.5 Å². The lowest BCUT2D eigenvalue weighted by atomic mass is 9.74. The van der Waals surface area contributed by atoms with Crippen LogP contribution >= 0.6 is 0 Å². The molecule has 11 rings (SSSR count). The lowest BCUT2D eigenvalue weighted by Crippen LogP contribution is -2.23. The van der Waals surface area contributed by atoms with Gasteiger partial charge in [-0.2, -0.15) is 0 Å². The molecule has 0 bridgehead atoms. The molecule has 0 saturated carbocycles. The van der Waals surface area contributed by atoms with Crippen molar-refractivity contribution in [2.45, 2.75) is 32.1 Å².